The molecule has 0 bridgehead atoms. The molecule has 0 atom stereocenters. The molecular weight excluding hydrogens is 412 g/mol. The van der Waals surface area contributed by atoms with Gasteiger partial charge in [0.15, 0.2) is 0 Å². The first-order valence-corrected chi connectivity index (χ1v) is 9.67. The van der Waals surface area contributed by atoms with Gasteiger partial charge in [-0.15, -0.1) is 11.3 Å². The van der Waals surface area contributed by atoms with Crippen molar-refractivity contribution in [1.29, 1.82) is 0 Å². The van der Waals surface area contributed by atoms with Crippen molar-refractivity contribution in [1.82, 2.24) is 14.5 Å². The summed E-state index contributed by atoms with van der Waals surface area (Å²) >= 11 is 4.73. The Morgan fingerprint density at radius 3 is 2.85 bits per heavy atom. The smallest absolute Gasteiger partial charge is 0.275 e. The van der Waals surface area contributed by atoms with Crippen LogP contribution < -0.4 is 10.5 Å². The zero-order chi connectivity index (χ0) is 18.8. The molecule has 0 amide bonds. The van der Waals surface area contributed by atoms with Crippen LogP contribution in [0.25, 0.3) is 26.1 Å². The van der Waals surface area contributed by atoms with Gasteiger partial charge in [-0.1, -0.05) is 34.7 Å². The van der Waals surface area contributed by atoms with Gasteiger partial charge in [-0.2, -0.15) is 0 Å². The molecular formula is C19H19BrN4OS. The van der Waals surface area contributed by atoms with E-state index in [0.717, 1.165) is 21.6 Å². The van der Waals surface area contributed by atoms with E-state index >= 15 is 0 Å². The lowest BCUT2D eigenvalue weighted by atomic mass is 10.2. The maximum atomic E-state index is 13.1. The zero-order valence-electron chi connectivity index (χ0n) is 14.9. The van der Waals surface area contributed by atoms with E-state index in [4.69, 9.17) is 0 Å². The van der Waals surface area contributed by atoms with Crippen molar-refractivity contribution < 1.29 is 0 Å². The van der Waals surface area contributed by atoms with E-state index in [1.54, 1.807) is 17.1 Å². The van der Waals surface area contributed by atoms with E-state index in [2.05, 4.69) is 32.5 Å². The molecule has 0 aliphatic heterocycles. The predicted molar refractivity (Wildman–Crippen MR) is 115 cm³/mol. The van der Waals surface area contributed by atoms with Gasteiger partial charge in [0.1, 0.15) is 15.9 Å². The predicted octanol–water partition coefficient (Wildman–Crippen LogP) is 4.79. The summed E-state index contributed by atoms with van der Waals surface area (Å²) in [5, 5.41) is 0.922. The molecule has 3 aromatic rings. The second kappa shape index (κ2) is 7.55. The minimum atomic E-state index is -0.0905. The van der Waals surface area contributed by atoms with Crippen LogP contribution in [0.4, 0.5) is 5.69 Å². The Balaban J connectivity index is 2.30. The quantitative estimate of drug-likeness (QED) is 0.431. The molecule has 0 aromatic carbocycles. The third-order valence-electron chi connectivity index (χ3n) is 3.94. The lowest BCUT2D eigenvalue weighted by molar-refractivity contribution is 0.959. The standard InChI is InChI=1S/C19H19BrN4OS/c1-5-6-7-13(10-12(2)20)24-11-22-16-15-14(23(3)4)8-9-21-18(15)26-17(16)19(24)25/h5-6,8-11H,2,7H2,1,3-4H3/b6-5-,13-10+. The Morgan fingerprint density at radius 2 is 2.19 bits per heavy atom. The van der Waals surface area contributed by atoms with Crippen LogP contribution in [0, 0.1) is 0 Å². The fourth-order valence-electron chi connectivity index (χ4n) is 2.76. The molecule has 3 rings (SSSR count). The number of rotatable bonds is 5. The SMILES string of the molecule is C=C(Br)/C=C(\C/C=C\C)n1cnc2c(sc3nccc(N(C)C)c32)c1=O. The van der Waals surface area contributed by atoms with E-state index in [9.17, 15) is 4.79 Å². The molecule has 0 saturated carbocycles. The first-order chi connectivity index (χ1) is 12.4. The molecule has 0 aliphatic rings. The van der Waals surface area contributed by atoms with Crippen LogP contribution in [0.2, 0.25) is 0 Å². The Labute approximate surface area is 164 Å². The number of hydrogen-bond donors (Lipinski definition) is 0. The number of allylic oxidation sites excluding steroid dienone is 5. The van der Waals surface area contributed by atoms with Gasteiger partial charge < -0.3 is 4.90 Å². The highest BCUT2D eigenvalue weighted by atomic mass is 79.9. The number of thiophene rings is 1. The average molecular weight is 431 g/mol. The summed E-state index contributed by atoms with van der Waals surface area (Å²) in [7, 11) is 3.94. The fraction of sp³-hybridized carbons (Fsp3) is 0.211. The topological polar surface area (TPSA) is 51.0 Å². The van der Waals surface area contributed by atoms with Crippen LogP contribution in [0.15, 0.2) is 52.7 Å². The summed E-state index contributed by atoms with van der Waals surface area (Å²) in [6.07, 6.45) is 9.75. The van der Waals surface area contributed by atoms with Crippen LogP contribution in [-0.4, -0.2) is 28.6 Å². The van der Waals surface area contributed by atoms with Crippen LogP contribution >= 0.6 is 27.3 Å². The normalized spacial score (nSPS) is 12.4. The second-order valence-electron chi connectivity index (χ2n) is 5.96. The lowest BCUT2D eigenvalue weighted by Crippen LogP contribution is -2.19. The molecule has 3 heterocycles. The van der Waals surface area contributed by atoms with Crippen LogP contribution in [-0.2, 0) is 0 Å². The second-order valence-corrected chi connectivity index (χ2v) is 7.98. The average Bonchev–Trinajstić information content (AvgIpc) is 2.98. The molecule has 26 heavy (non-hydrogen) atoms. The molecule has 0 saturated heterocycles. The summed E-state index contributed by atoms with van der Waals surface area (Å²) < 4.78 is 2.90. The highest BCUT2D eigenvalue weighted by molar-refractivity contribution is 9.11. The molecule has 0 aliphatic carbocycles. The number of aromatic nitrogens is 3. The molecule has 0 spiro atoms. The molecule has 134 valence electrons. The Hall–Kier alpha value is -2.25. The van der Waals surface area contributed by atoms with Crippen molar-refractivity contribution in [2.75, 3.05) is 19.0 Å². The van der Waals surface area contributed by atoms with E-state index < -0.39 is 0 Å². The Kier molecular flexibility index (Phi) is 5.38. The first-order valence-electron chi connectivity index (χ1n) is 8.06. The maximum Gasteiger partial charge on any atom is 0.275 e. The summed E-state index contributed by atoms with van der Waals surface area (Å²) in [4.78, 5) is 25.0. The largest absolute Gasteiger partial charge is 0.377 e. The minimum absolute atomic E-state index is 0.0905. The third kappa shape index (κ3) is 3.37. The Morgan fingerprint density at radius 1 is 1.42 bits per heavy atom. The van der Waals surface area contributed by atoms with Crippen molar-refractivity contribution in [2.24, 2.45) is 0 Å². The van der Waals surface area contributed by atoms with Gasteiger partial charge in [-0.25, -0.2) is 9.97 Å². The number of fused-ring (bicyclic) bond motifs is 3. The van der Waals surface area contributed by atoms with Gasteiger partial charge >= 0.3 is 0 Å². The lowest BCUT2D eigenvalue weighted by Gasteiger charge is -2.13. The molecule has 0 unspecified atom stereocenters. The summed E-state index contributed by atoms with van der Waals surface area (Å²) in [5.74, 6) is 0. The highest BCUT2D eigenvalue weighted by Gasteiger charge is 2.17. The first kappa shape index (κ1) is 18.5. The maximum absolute atomic E-state index is 13.1. The van der Waals surface area contributed by atoms with Crippen LogP contribution in [0.3, 0.4) is 0 Å². The van der Waals surface area contributed by atoms with Gasteiger partial charge in [0.05, 0.1) is 16.6 Å². The monoisotopic (exact) mass is 430 g/mol. The molecule has 0 radical (unpaired) electrons. The zero-order valence-corrected chi connectivity index (χ0v) is 17.3. The van der Waals surface area contributed by atoms with Gasteiger partial charge in [-0.3, -0.25) is 9.36 Å². The molecule has 7 heteroatoms. The van der Waals surface area contributed by atoms with Gasteiger partial charge in [-0.05, 0) is 19.1 Å². The highest BCUT2D eigenvalue weighted by Crippen LogP contribution is 2.35. The molecule has 3 aromatic heterocycles. The summed E-state index contributed by atoms with van der Waals surface area (Å²) in [6, 6.07) is 1.94. The third-order valence-corrected chi connectivity index (χ3v) is 5.24. The summed E-state index contributed by atoms with van der Waals surface area (Å²) in [5.41, 5.74) is 2.42. The number of hydrogen-bond acceptors (Lipinski definition) is 5. The van der Waals surface area contributed by atoms with Crippen molar-refractivity contribution >= 4 is 59.1 Å². The van der Waals surface area contributed by atoms with Crippen molar-refractivity contribution in [3.8, 4) is 0 Å². The van der Waals surface area contributed by atoms with Crippen molar-refractivity contribution in [3.05, 3.63) is 58.2 Å². The number of halogens is 1. The van der Waals surface area contributed by atoms with E-state index in [0.29, 0.717) is 21.1 Å². The van der Waals surface area contributed by atoms with Gasteiger partial charge in [0.25, 0.3) is 5.56 Å². The van der Waals surface area contributed by atoms with Crippen molar-refractivity contribution in [2.45, 2.75) is 13.3 Å². The summed E-state index contributed by atoms with van der Waals surface area (Å²) in [6.45, 7) is 5.80. The number of nitrogens with zero attached hydrogens (tertiary/aromatic N) is 4. The van der Waals surface area contributed by atoms with Crippen LogP contribution in [0.1, 0.15) is 13.3 Å². The molecule has 0 fully saturated rings. The van der Waals surface area contributed by atoms with E-state index in [1.165, 1.54) is 11.3 Å². The number of pyridine rings is 1. The number of anilines is 1. The van der Waals surface area contributed by atoms with Crippen molar-refractivity contribution in [3.63, 3.8) is 0 Å². The van der Waals surface area contributed by atoms with Gasteiger partial charge in [0, 0.05) is 36.9 Å². The minimum Gasteiger partial charge on any atom is -0.377 e. The van der Waals surface area contributed by atoms with E-state index in [-0.39, 0.29) is 5.56 Å². The Bertz CT molecular complexity index is 1110. The molecule has 5 nitrogen and oxygen atoms in total. The van der Waals surface area contributed by atoms with E-state index in [1.807, 2.05) is 50.2 Å². The van der Waals surface area contributed by atoms with Gasteiger partial charge in [0.2, 0.25) is 0 Å². The molecule has 0 N–H and O–H groups in total. The fourth-order valence-corrected chi connectivity index (χ4v) is 4.07. The van der Waals surface area contributed by atoms with Crippen LogP contribution in [0.5, 0.6) is 0 Å².